The highest BCUT2D eigenvalue weighted by Gasteiger charge is 2.31. The molecule has 1 fully saturated rings. The van der Waals surface area contributed by atoms with Crippen LogP contribution >= 0.6 is 22.4 Å². The lowest BCUT2D eigenvalue weighted by Crippen LogP contribution is -2.22. The Morgan fingerprint density at radius 1 is 1.24 bits per heavy atom. The molecule has 5 rings (SSSR count). The van der Waals surface area contributed by atoms with Crippen LogP contribution in [0.5, 0.6) is 11.5 Å². The maximum Gasteiger partial charge on any atom is 0.224 e. The van der Waals surface area contributed by atoms with E-state index in [2.05, 4.69) is 21.7 Å². The van der Waals surface area contributed by atoms with E-state index >= 15 is 0 Å². The first-order chi connectivity index (χ1) is 22.2. The molecule has 10 nitrogen and oxygen atoms in total. The average molecular weight is 685 g/mol. The molecule has 0 bridgehead atoms. The van der Waals surface area contributed by atoms with Crippen LogP contribution in [0.3, 0.4) is 0 Å². The van der Waals surface area contributed by atoms with Crippen molar-refractivity contribution in [2.45, 2.75) is 37.2 Å². The molecule has 4 N–H and O–H groups in total. The average Bonchev–Trinajstić information content (AvgIpc) is 3.46. The summed E-state index contributed by atoms with van der Waals surface area (Å²) in [6, 6.07) is 16.4. The van der Waals surface area contributed by atoms with Crippen molar-refractivity contribution in [3.05, 3.63) is 82.8 Å². The molecule has 3 atom stereocenters. The zero-order valence-corrected chi connectivity index (χ0v) is 26.8. The zero-order chi connectivity index (χ0) is 32.6. The third-order valence-electron chi connectivity index (χ3n) is 7.10. The van der Waals surface area contributed by atoms with E-state index in [0.717, 1.165) is 12.2 Å². The smallest absolute Gasteiger partial charge is 0.224 e. The Morgan fingerprint density at radius 2 is 2.09 bits per heavy atom. The van der Waals surface area contributed by atoms with Crippen LogP contribution in [0.15, 0.2) is 60.8 Å². The fraction of sp³-hybridized carbons (Fsp3) is 0.281. The lowest BCUT2D eigenvalue weighted by atomic mass is 10.1. The van der Waals surface area contributed by atoms with E-state index in [1.807, 2.05) is 0 Å². The molecule has 3 unspecified atom stereocenters. The number of carbonyl (C=O) groups excluding carboxylic acids is 1. The quantitative estimate of drug-likeness (QED) is 0.0995. The van der Waals surface area contributed by atoms with Gasteiger partial charge in [0.25, 0.3) is 0 Å². The molecule has 1 aliphatic rings. The molecule has 0 radical (unpaired) electrons. The standard InChI is InChI=1S/C32H30ClFN4O6S2/c33-26-11-22(4-6-29(26)43-17-19-2-1-3-21(34)10-19)37-32-20(14-35)15-36-27-13-30(44-18-23(40)16-39)28(12-25(27)32)38-31(41)7-5-24-8-9-45-46(24)42/h1-4,6,10-13,15,23-24,39-40H,5,7-9,16-18H2,(H,36,37)(H,38,41). The first-order valence-electron chi connectivity index (χ1n) is 14.3. The first-order valence-corrected chi connectivity index (χ1v) is 17.4. The van der Waals surface area contributed by atoms with E-state index in [9.17, 15) is 29.2 Å². The van der Waals surface area contributed by atoms with E-state index in [1.165, 1.54) is 29.1 Å². The van der Waals surface area contributed by atoms with Crippen LogP contribution in [0.25, 0.3) is 10.9 Å². The molecule has 1 aliphatic heterocycles. The van der Waals surface area contributed by atoms with E-state index in [4.69, 9.17) is 21.1 Å². The van der Waals surface area contributed by atoms with Crippen LogP contribution in [0.4, 0.5) is 21.5 Å². The van der Waals surface area contributed by atoms with E-state index in [-0.39, 0.29) is 58.6 Å². The van der Waals surface area contributed by atoms with Gasteiger partial charge in [-0.15, -0.1) is 0 Å². The van der Waals surface area contributed by atoms with E-state index in [1.54, 1.807) is 42.5 Å². The third-order valence-corrected chi connectivity index (χ3v) is 11.1. The summed E-state index contributed by atoms with van der Waals surface area (Å²) in [7, 11) is 0.379. The summed E-state index contributed by atoms with van der Waals surface area (Å²) in [4.78, 5) is 17.4. The number of pyridine rings is 1. The predicted octanol–water partition coefficient (Wildman–Crippen LogP) is 5.84. The van der Waals surface area contributed by atoms with Crippen molar-refractivity contribution in [3.63, 3.8) is 0 Å². The Balaban J connectivity index is 1.41. The lowest BCUT2D eigenvalue weighted by Gasteiger charge is -2.18. The monoisotopic (exact) mass is 684 g/mol. The molecule has 240 valence electrons. The van der Waals surface area contributed by atoms with Crippen molar-refractivity contribution in [3.8, 4) is 17.6 Å². The van der Waals surface area contributed by atoms with Crippen molar-refractivity contribution in [2.24, 2.45) is 0 Å². The molecule has 4 aromatic rings. The summed E-state index contributed by atoms with van der Waals surface area (Å²) in [5.74, 6) is 0.706. The number of anilines is 3. The molecular weight excluding hydrogens is 655 g/mol. The van der Waals surface area contributed by atoms with Crippen LogP contribution in [0.1, 0.15) is 30.4 Å². The zero-order valence-electron chi connectivity index (χ0n) is 24.4. The number of benzene rings is 3. The van der Waals surface area contributed by atoms with Gasteiger partial charge in [-0.1, -0.05) is 23.7 Å². The number of rotatable bonds is 13. The number of nitriles is 1. The fourth-order valence-electron chi connectivity index (χ4n) is 4.72. The van der Waals surface area contributed by atoms with Crippen molar-refractivity contribution >= 4 is 66.5 Å². The number of aliphatic hydroxyl groups is 2. The number of aliphatic hydroxyl groups excluding tert-OH is 2. The summed E-state index contributed by atoms with van der Waals surface area (Å²) in [6.45, 7) is -0.638. The number of halogens is 2. The Labute approximate surface area is 276 Å². The second kappa shape index (κ2) is 15.7. The number of carbonyl (C=O) groups is 1. The van der Waals surface area contributed by atoms with Gasteiger partial charge in [0, 0.05) is 58.6 Å². The van der Waals surface area contributed by atoms with Gasteiger partial charge in [0.1, 0.15) is 48.0 Å². The highest BCUT2D eigenvalue weighted by molar-refractivity contribution is 8.72. The topological polar surface area (TPSA) is 160 Å². The Kier molecular flexibility index (Phi) is 11.5. The third kappa shape index (κ3) is 8.52. The highest BCUT2D eigenvalue weighted by Crippen LogP contribution is 2.38. The van der Waals surface area contributed by atoms with Gasteiger partial charge >= 0.3 is 0 Å². The second-order valence-electron chi connectivity index (χ2n) is 10.4. The van der Waals surface area contributed by atoms with Crippen LogP contribution in [-0.2, 0) is 21.6 Å². The summed E-state index contributed by atoms with van der Waals surface area (Å²) < 4.78 is 37.2. The molecule has 2 heterocycles. The molecule has 0 spiro atoms. The summed E-state index contributed by atoms with van der Waals surface area (Å²) >= 11 is 6.51. The van der Waals surface area contributed by atoms with Crippen molar-refractivity contribution in [2.75, 3.05) is 29.6 Å². The van der Waals surface area contributed by atoms with Gasteiger partial charge in [-0.05, 0) is 42.0 Å². The van der Waals surface area contributed by atoms with E-state index < -0.39 is 22.9 Å². The molecule has 1 aromatic heterocycles. The summed E-state index contributed by atoms with van der Waals surface area (Å²) in [5.41, 5.74) is 2.48. The number of amides is 1. The maximum atomic E-state index is 13.5. The van der Waals surface area contributed by atoms with Crippen LogP contribution in [-0.4, -0.2) is 56.0 Å². The fourth-order valence-corrected chi connectivity index (χ4v) is 8.40. The maximum absolute atomic E-state index is 13.5. The number of ether oxygens (including phenoxy) is 2. The molecule has 1 amide bonds. The summed E-state index contributed by atoms with van der Waals surface area (Å²) in [6.07, 6.45) is 1.64. The van der Waals surface area contributed by atoms with E-state index in [0.29, 0.717) is 40.0 Å². The predicted molar refractivity (Wildman–Crippen MR) is 177 cm³/mol. The van der Waals surface area contributed by atoms with Gasteiger partial charge < -0.3 is 34.9 Å². The second-order valence-corrected chi connectivity index (χ2v) is 14.4. The number of nitrogens with zero attached hydrogens (tertiary/aromatic N) is 2. The molecule has 46 heavy (non-hydrogen) atoms. The largest absolute Gasteiger partial charge is 0.605 e. The molecule has 14 heteroatoms. The Morgan fingerprint density at radius 3 is 2.80 bits per heavy atom. The van der Waals surface area contributed by atoms with Crippen molar-refractivity contribution in [1.29, 1.82) is 5.26 Å². The normalized spacial score (nSPS) is 16.5. The number of nitrogens with one attached hydrogen (secondary N) is 2. The number of fused-ring (bicyclic) bond motifs is 1. The molecular formula is C32H30ClFN4O6S2. The Bertz CT molecular complexity index is 1760. The lowest BCUT2D eigenvalue weighted by molar-refractivity contribution is -0.116. The minimum absolute atomic E-state index is 0.0501. The van der Waals surface area contributed by atoms with Gasteiger partial charge in [-0.3, -0.25) is 9.78 Å². The number of hydrogen-bond donors (Lipinski definition) is 4. The molecule has 1 saturated heterocycles. The van der Waals surface area contributed by atoms with Crippen LogP contribution in [0.2, 0.25) is 5.02 Å². The van der Waals surface area contributed by atoms with Crippen molar-refractivity contribution in [1.82, 2.24) is 4.98 Å². The minimum atomic E-state index is -1.15. The number of aromatic nitrogens is 1. The SMILES string of the molecule is N#Cc1cnc2cc(OCC(O)CO)c(NC(=O)CCC3CCS[S+]3[O-])cc2c1Nc1ccc(OCc2cccc(F)c2)c(Cl)c1. The van der Waals surface area contributed by atoms with Gasteiger partial charge in [0.05, 0.1) is 44.9 Å². The van der Waals surface area contributed by atoms with Crippen molar-refractivity contribution < 1.29 is 33.4 Å². The number of hydrogen-bond acceptors (Lipinski definition) is 10. The van der Waals surface area contributed by atoms with Crippen LogP contribution in [0, 0.1) is 17.1 Å². The Hall–Kier alpha value is -3.77. The van der Waals surface area contributed by atoms with Gasteiger partial charge in [0.2, 0.25) is 5.91 Å². The first kappa shape index (κ1) is 33.6. The highest BCUT2D eigenvalue weighted by atomic mass is 35.5. The van der Waals surface area contributed by atoms with Gasteiger partial charge in [-0.2, -0.15) is 5.26 Å². The summed E-state index contributed by atoms with van der Waals surface area (Å²) in [5, 5.41) is 35.8. The molecule has 3 aromatic carbocycles. The minimum Gasteiger partial charge on any atom is -0.605 e. The van der Waals surface area contributed by atoms with Crippen LogP contribution < -0.4 is 20.1 Å². The molecule has 0 aliphatic carbocycles. The van der Waals surface area contributed by atoms with Gasteiger partial charge in [-0.25, -0.2) is 4.39 Å². The molecule has 0 saturated carbocycles. The van der Waals surface area contributed by atoms with Gasteiger partial charge in [0.15, 0.2) is 0 Å².